The SMILES string of the molecule is CCC(CC)(CO)NCc1ccoc1C(=O)OC. The van der Waals surface area contributed by atoms with E-state index in [0.717, 1.165) is 18.4 Å². The van der Waals surface area contributed by atoms with Crippen molar-refractivity contribution in [2.45, 2.75) is 38.8 Å². The molecule has 1 aromatic rings. The Labute approximate surface area is 107 Å². The number of hydrogen-bond acceptors (Lipinski definition) is 5. The number of methoxy groups -OCH3 is 1. The van der Waals surface area contributed by atoms with Crippen molar-refractivity contribution in [3.63, 3.8) is 0 Å². The average molecular weight is 255 g/mol. The fraction of sp³-hybridized carbons (Fsp3) is 0.615. The largest absolute Gasteiger partial charge is 0.463 e. The van der Waals surface area contributed by atoms with Crippen molar-refractivity contribution < 1.29 is 19.1 Å². The molecule has 18 heavy (non-hydrogen) atoms. The molecule has 0 bridgehead atoms. The molecule has 5 nitrogen and oxygen atoms in total. The van der Waals surface area contributed by atoms with Gasteiger partial charge in [0, 0.05) is 17.6 Å². The van der Waals surface area contributed by atoms with E-state index in [2.05, 4.69) is 10.1 Å². The Bertz CT molecular complexity index is 374. The average Bonchev–Trinajstić information content (AvgIpc) is 2.88. The minimum absolute atomic E-state index is 0.0609. The van der Waals surface area contributed by atoms with Gasteiger partial charge in [0.1, 0.15) is 0 Å². The summed E-state index contributed by atoms with van der Waals surface area (Å²) in [5.74, 6) is -0.275. The van der Waals surface area contributed by atoms with E-state index in [4.69, 9.17) is 4.42 Å². The molecule has 0 radical (unpaired) electrons. The lowest BCUT2D eigenvalue weighted by Gasteiger charge is -2.30. The Hall–Kier alpha value is -1.33. The molecule has 5 heteroatoms. The van der Waals surface area contributed by atoms with E-state index in [-0.39, 0.29) is 17.9 Å². The molecule has 0 amide bonds. The van der Waals surface area contributed by atoms with E-state index in [1.807, 2.05) is 13.8 Å². The second-order valence-corrected chi connectivity index (χ2v) is 4.27. The van der Waals surface area contributed by atoms with Crippen molar-refractivity contribution >= 4 is 5.97 Å². The highest BCUT2D eigenvalue weighted by Crippen LogP contribution is 2.17. The smallest absolute Gasteiger partial charge is 0.374 e. The first kappa shape index (κ1) is 14.7. The highest BCUT2D eigenvalue weighted by Gasteiger charge is 2.25. The van der Waals surface area contributed by atoms with Gasteiger partial charge in [0.25, 0.3) is 0 Å². The molecule has 0 spiro atoms. The molecule has 0 aromatic carbocycles. The topological polar surface area (TPSA) is 71.7 Å². The van der Waals surface area contributed by atoms with E-state index in [1.165, 1.54) is 13.4 Å². The highest BCUT2D eigenvalue weighted by atomic mass is 16.5. The predicted octanol–water partition coefficient (Wildman–Crippen LogP) is 1.71. The van der Waals surface area contributed by atoms with Crippen LogP contribution in [0.3, 0.4) is 0 Å². The third kappa shape index (κ3) is 3.11. The van der Waals surface area contributed by atoms with Gasteiger partial charge in [-0.05, 0) is 18.9 Å². The van der Waals surface area contributed by atoms with Crippen molar-refractivity contribution in [3.8, 4) is 0 Å². The van der Waals surface area contributed by atoms with Gasteiger partial charge in [0.2, 0.25) is 5.76 Å². The number of aliphatic hydroxyl groups is 1. The van der Waals surface area contributed by atoms with Crippen LogP contribution in [-0.2, 0) is 11.3 Å². The van der Waals surface area contributed by atoms with E-state index in [0.29, 0.717) is 6.54 Å². The van der Waals surface area contributed by atoms with Gasteiger partial charge in [-0.3, -0.25) is 0 Å². The summed E-state index contributed by atoms with van der Waals surface area (Å²) in [7, 11) is 1.32. The Kier molecular flexibility index (Phi) is 5.37. The maximum Gasteiger partial charge on any atom is 0.374 e. The molecule has 1 rings (SSSR count). The molecule has 1 heterocycles. The first-order valence-corrected chi connectivity index (χ1v) is 6.13. The lowest BCUT2D eigenvalue weighted by molar-refractivity contribution is 0.0562. The van der Waals surface area contributed by atoms with Crippen LogP contribution in [-0.4, -0.2) is 30.3 Å². The maximum atomic E-state index is 11.4. The molecular weight excluding hydrogens is 234 g/mol. The summed E-state index contributed by atoms with van der Waals surface area (Å²) >= 11 is 0. The standard InChI is InChI=1S/C13H21NO4/c1-4-13(5-2,9-15)14-8-10-6-7-18-11(10)12(16)17-3/h6-7,14-15H,4-5,8-9H2,1-3H3. The summed E-state index contributed by atoms with van der Waals surface area (Å²) in [5, 5.41) is 12.7. The molecule has 1 aromatic heterocycles. The molecule has 0 atom stereocenters. The number of furan rings is 1. The number of ether oxygens (including phenoxy) is 1. The summed E-state index contributed by atoms with van der Waals surface area (Å²) in [5.41, 5.74) is 0.423. The van der Waals surface area contributed by atoms with Gasteiger partial charge < -0.3 is 19.6 Å². The zero-order valence-corrected chi connectivity index (χ0v) is 11.2. The van der Waals surface area contributed by atoms with Crippen LogP contribution in [0.15, 0.2) is 16.7 Å². The molecule has 0 fully saturated rings. The van der Waals surface area contributed by atoms with Gasteiger partial charge in [-0.15, -0.1) is 0 Å². The molecule has 0 aliphatic carbocycles. The van der Waals surface area contributed by atoms with Crippen LogP contribution >= 0.6 is 0 Å². The number of aliphatic hydroxyl groups excluding tert-OH is 1. The molecule has 2 N–H and O–H groups in total. The minimum Gasteiger partial charge on any atom is -0.463 e. The fourth-order valence-corrected chi connectivity index (χ4v) is 1.81. The van der Waals surface area contributed by atoms with Crippen LogP contribution in [0.4, 0.5) is 0 Å². The number of esters is 1. The van der Waals surface area contributed by atoms with Crippen molar-refractivity contribution in [1.29, 1.82) is 0 Å². The number of carbonyl (C=O) groups is 1. The van der Waals surface area contributed by atoms with Crippen LogP contribution in [0.5, 0.6) is 0 Å². The van der Waals surface area contributed by atoms with Crippen molar-refractivity contribution in [1.82, 2.24) is 5.32 Å². The van der Waals surface area contributed by atoms with Gasteiger partial charge in [-0.1, -0.05) is 13.8 Å². The van der Waals surface area contributed by atoms with Crippen molar-refractivity contribution in [3.05, 3.63) is 23.7 Å². The summed E-state index contributed by atoms with van der Waals surface area (Å²) in [4.78, 5) is 11.4. The summed E-state index contributed by atoms with van der Waals surface area (Å²) in [6.45, 7) is 4.56. The van der Waals surface area contributed by atoms with Gasteiger partial charge >= 0.3 is 5.97 Å². The Balaban J connectivity index is 2.74. The molecule has 102 valence electrons. The summed E-state index contributed by atoms with van der Waals surface area (Å²) in [6, 6.07) is 1.73. The van der Waals surface area contributed by atoms with Crippen LogP contribution < -0.4 is 5.32 Å². The molecule has 0 unspecified atom stereocenters. The van der Waals surface area contributed by atoms with Crippen LogP contribution in [0.1, 0.15) is 42.8 Å². The van der Waals surface area contributed by atoms with Gasteiger partial charge in [0.05, 0.1) is 20.0 Å². The highest BCUT2D eigenvalue weighted by molar-refractivity contribution is 5.87. The maximum absolute atomic E-state index is 11.4. The molecule has 0 aliphatic rings. The number of hydrogen-bond donors (Lipinski definition) is 2. The number of carbonyl (C=O) groups excluding carboxylic acids is 1. The van der Waals surface area contributed by atoms with Crippen LogP contribution in [0.2, 0.25) is 0 Å². The fourth-order valence-electron chi connectivity index (χ4n) is 1.81. The lowest BCUT2D eigenvalue weighted by atomic mass is 9.93. The molecule has 0 aliphatic heterocycles. The Morgan fingerprint density at radius 2 is 2.17 bits per heavy atom. The zero-order valence-electron chi connectivity index (χ0n) is 11.2. The third-order valence-electron chi connectivity index (χ3n) is 3.43. The van der Waals surface area contributed by atoms with E-state index < -0.39 is 5.97 Å². The van der Waals surface area contributed by atoms with Gasteiger partial charge in [0.15, 0.2) is 0 Å². The summed E-state index contributed by atoms with van der Waals surface area (Å²) < 4.78 is 9.74. The van der Waals surface area contributed by atoms with Gasteiger partial charge in [-0.25, -0.2) is 4.79 Å². The number of nitrogens with one attached hydrogen (secondary N) is 1. The van der Waals surface area contributed by atoms with Crippen molar-refractivity contribution in [2.75, 3.05) is 13.7 Å². The minimum atomic E-state index is -0.487. The third-order valence-corrected chi connectivity index (χ3v) is 3.43. The first-order chi connectivity index (χ1) is 8.62. The van der Waals surface area contributed by atoms with Crippen LogP contribution in [0, 0.1) is 0 Å². The second kappa shape index (κ2) is 6.56. The summed E-state index contributed by atoms with van der Waals surface area (Å²) in [6.07, 6.45) is 3.08. The van der Waals surface area contributed by atoms with E-state index >= 15 is 0 Å². The monoisotopic (exact) mass is 255 g/mol. The Morgan fingerprint density at radius 3 is 2.67 bits per heavy atom. The number of rotatable bonds is 7. The first-order valence-electron chi connectivity index (χ1n) is 6.13. The van der Waals surface area contributed by atoms with Gasteiger partial charge in [-0.2, -0.15) is 0 Å². The Morgan fingerprint density at radius 1 is 1.50 bits per heavy atom. The van der Waals surface area contributed by atoms with E-state index in [1.54, 1.807) is 6.07 Å². The normalized spacial score (nSPS) is 11.6. The lowest BCUT2D eigenvalue weighted by Crippen LogP contribution is -2.47. The molecule has 0 saturated carbocycles. The molecular formula is C13H21NO4. The van der Waals surface area contributed by atoms with Crippen molar-refractivity contribution in [2.24, 2.45) is 0 Å². The van der Waals surface area contributed by atoms with E-state index in [9.17, 15) is 9.90 Å². The molecule has 0 saturated heterocycles. The quantitative estimate of drug-likeness (QED) is 0.726. The predicted molar refractivity (Wildman–Crippen MR) is 67.3 cm³/mol. The zero-order chi connectivity index (χ0) is 13.6. The van der Waals surface area contributed by atoms with Crippen LogP contribution in [0.25, 0.3) is 0 Å². The second-order valence-electron chi connectivity index (χ2n) is 4.27.